The molecule has 1 aromatic heterocycles. The molecule has 1 spiro atoms. The topological polar surface area (TPSA) is 87.5 Å². The Kier molecular flexibility index (Phi) is 4.24. The molecule has 2 aliphatic heterocycles. The number of hydrogen-bond acceptors (Lipinski definition) is 4. The van der Waals surface area contributed by atoms with E-state index in [0.29, 0.717) is 12.8 Å². The van der Waals surface area contributed by atoms with Gasteiger partial charge in [-0.1, -0.05) is 12.1 Å². The maximum Gasteiger partial charge on any atom is 0.309 e. The Hall–Kier alpha value is -2.67. The van der Waals surface area contributed by atoms with Gasteiger partial charge in [0, 0.05) is 44.1 Å². The molecule has 1 atom stereocenters. The van der Waals surface area contributed by atoms with E-state index in [1.807, 2.05) is 10.8 Å². The second-order valence-corrected chi connectivity index (χ2v) is 7.21. The third-order valence-electron chi connectivity index (χ3n) is 5.64. The van der Waals surface area contributed by atoms with Crippen LogP contribution in [0.2, 0.25) is 0 Å². The molecular weight excluding hydrogens is 332 g/mol. The molecule has 2 N–H and O–H groups in total. The Bertz CT molecular complexity index is 793. The Balaban J connectivity index is 1.38. The molecule has 3 heterocycles. The van der Waals surface area contributed by atoms with E-state index in [4.69, 9.17) is 0 Å². The number of benzene rings is 1. The number of imidazole rings is 1. The molecule has 2 aromatic rings. The minimum atomic E-state index is -0.869. The summed E-state index contributed by atoms with van der Waals surface area (Å²) in [6, 6.07) is 8.36. The number of amides is 1. The molecule has 7 heteroatoms. The highest BCUT2D eigenvalue weighted by Gasteiger charge is 2.51. The Morgan fingerprint density at radius 2 is 2.00 bits per heavy atom. The van der Waals surface area contributed by atoms with Gasteiger partial charge in [0.05, 0.1) is 17.8 Å². The average molecular weight is 354 g/mol. The van der Waals surface area contributed by atoms with E-state index in [-0.39, 0.29) is 12.3 Å². The molecule has 0 unspecified atom stereocenters. The molecule has 7 nitrogen and oxygen atoms in total. The van der Waals surface area contributed by atoms with Crippen LogP contribution < -0.4 is 5.32 Å². The molecule has 0 aliphatic carbocycles. The normalized spacial score (nSPS) is 22.5. The number of piperidine rings is 1. The van der Waals surface area contributed by atoms with E-state index in [1.54, 1.807) is 12.5 Å². The van der Waals surface area contributed by atoms with Gasteiger partial charge < -0.3 is 15.0 Å². The second kappa shape index (κ2) is 6.57. The number of carboxylic acid groups (broad SMARTS) is 1. The SMILES string of the molecule is O=C1C[C@H](C(=O)O)C2(CCN(Cc3ccc(-n4ccnc4)cc3)CC2)N1. The summed E-state index contributed by atoms with van der Waals surface area (Å²) >= 11 is 0. The maximum atomic E-state index is 11.7. The molecule has 4 rings (SSSR count). The molecule has 1 aromatic carbocycles. The zero-order valence-corrected chi connectivity index (χ0v) is 14.5. The fraction of sp³-hybridized carbons (Fsp3) is 0.421. The standard InChI is InChI=1S/C19H22N4O3/c24-17-11-16(18(25)26)19(21-17)5-8-22(9-6-19)12-14-1-3-15(4-2-14)23-10-7-20-13-23/h1-4,7,10,13,16H,5-6,8-9,11-12H2,(H,21,24)(H,25,26)/t16-/m1/s1. The Labute approximate surface area is 151 Å². The van der Waals surface area contributed by atoms with E-state index in [0.717, 1.165) is 25.3 Å². The average Bonchev–Trinajstić information content (AvgIpc) is 3.26. The van der Waals surface area contributed by atoms with Crippen LogP contribution in [0.4, 0.5) is 0 Å². The minimum absolute atomic E-state index is 0.102. The van der Waals surface area contributed by atoms with Crippen LogP contribution in [0.5, 0.6) is 0 Å². The van der Waals surface area contributed by atoms with Crippen molar-refractivity contribution >= 4 is 11.9 Å². The largest absolute Gasteiger partial charge is 0.481 e. The monoisotopic (exact) mass is 354 g/mol. The third kappa shape index (κ3) is 3.10. The van der Waals surface area contributed by atoms with Crippen molar-refractivity contribution in [1.29, 1.82) is 0 Å². The number of carbonyl (C=O) groups excluding carboxylic acids is 1. The number of likely N-dealkylation sites (tertiary alicyclic amines) is 1. The summed E-state index contributed by atoms with van der Waals surface area (Å²) in [5.41, 5.74) is 1.72. The molecule has 2 aliphatic rings. The molecule has 0 saturated carbocycles. The van der Waals surface area contributed by atoms with Crippen LogP contribution in [0, 0.1) is 5.92 Å². The highest BCUT2D eigenvalue weighted by molar-refractivity contribution is 5.88. The van der Waals surface area contributed by atoms with Gasteiger partial charge in [-0.2, -0.15) is 0 Å². The summed E-state index contributed by atoms with van der Waals surface area (Å²) < 4.78 is 1.96. The van der Waals surface area contributed by atoms with Gasteiger partial charge in [0.2, 0.25) is 5.91 Å². The highest BCUT2D eigenvalue weighted by atomic mass is 16.4. The van der Waals surface area contributed by atoms with Crippen LogP contribution in [0.15, 0.2) is 43.0 Å². The van der Waals surface area contributed by atoms with Crippen molar-refractivity contribution in [2.24, 2.45) is 5.92 Å². The first-order valence-electron chi connectivity index (χ1n) is 8.89. The van der Waals surface area contributed by atoms with Crippen LogP contribution in [0.3, 0.4) is 0 Å². The Morgan fingerprint density at radius 3 is 2.62 bits per heavy atom. The van der Waals surface area contributed by atoms with Crippen molar-refractivity contribution in [3.8, 4) is 5.69 Å². The number of aliphatic carboxylic acids is 1. The molecule has 2 fully saturated rings. The van der Waals surface area contributed by atoms with Gasteiger partial charge in [-0.05, 0) is 30.5 Å². The zero-order valence-electron chi connectivity index (χ0n) is 14.5. The van der Waals surface area contributed by atoms with Crippen molar-refractivity contribution in [1.82, 2.24) is 19.8 Å². The lowest BCUT2D eigenvalue weighted by molar-refractivity contribution is -0.144. The predicted molar refractivity (Wildman–Crippen MR) is 94.7 cm³/mol. The fourth-order valence-electron chi connectivity index (χ4n) is 4.15. The first-order chi connectivity index (χ1) is 12.6. The van der Waals surface area contributed by atoms with Crippen LogP contribution in [-0.2, 0) is 16.1 Å². The number of carbonyl (C=O) groups is 2. The summed E-state index contributed by atoms with van der Waals surface area (Å²) in [6.07, 6.45) is 6.90. The smallest absolute Gasteiger partial charge is 0.309 e. The summed E-state index contributed by atoms with van der Waals surface area (Å²) in [7, 11) is 0. The van der Waals surface area contributed by atoms with Gasteiger partial charge in [0.1, 0.15) is 0 Å². The van der Waals surface area contributed by atoms with Crippen molar-refractivity contribution in [2.45, 2.75) is 31.3 Å². The van der Waals surface area contributed by atoms with E-state index in [2.05, 4.69) is 39.5 Å². The van der Waals surface area contributed by atoms with E-state index >= 15 is 0 Å². The number of nitrogens with one attached hydrogen (secondary N) is 1. The molecular formula is C19H22N4O3. The number of rotatable bonds is 4. The summed E-state index contributed by atoms with van der Waals surface area (Å²) in [5, 5.41) is 12.4. The lowest BCUT2D eigenvalue weighted by Crippen LogP contribution is -2.55. The van der Waals surface area contributed by atoms with E-state index in [9.17, 15) is 14.7 Å². The molecule has 136 valence electrons. The molecule has 2 saturated heterocycles. The van der Waals surface area contributed by atoms with Gasteiger partial charge >= 0.3 is 5.97 Å². The first kappa shape index (κ1) is 16.8. The second-order valence-electron chi connectivity index (χ2n) is 7.21. The van der Waals surface area contributed by atoms with Crippen LogP contribution in [-0.4, -0.2) is 50.1 Å². The Morgan fingerprint density at radius 1 is 1.27 bits per heavy atom. The highest BCUT2D eigenvalue weighted by Crippen LogP contribution is 2.37. The molecule has 0 radical (unpaired) electrons. The predicted octanol–water partition coefficient (Wildman–Crippen LogP) is 1.43. The fourth-order valence-corrected chi connectivity index (χ4v) is 4.15. The van der Waals surface area contributed by atoms with Crippen LogP contribution in [0.1, 0.15) is 24.8 Å². The van der Waals surface area contributed by atoms with Crippen molar-refractivity contribution in [3.05, 3.63) is 48.5 Å². The van der Waals surface area contributed by atoms with Gasteiger partial charge in [-0.3, -0.25) is 14.5 Å². The summed E-state index contributed by atoms with van der Waals surface area (Å²) in [4.78, 5) is 29.6. The number of aromatic nitrogens is 2. The van der Waals surface area contributed by atoms with Gasteiger partial charge in [0.25, 0.3) is 0 Å². The summed E-state index contributed by atoms with van der Waals surface area (Å²) in [6.45, 7) is 2.40. The van der Waals surface area contributed by atoms with Gasteiger partial charge in [-0.15, -0.1) is 0 Å². The number of hydrogen-bond donors (Lipinski definition) is 2. The van der Waals surface area contributed by atoms with Crippen LogP contribution >= 0.6 is 0 Å². The lowest BCUT2D eigenvalue weighted by Gasteiger charge is -2.41. The third-order valence-corrected chi connectivity index (χ3v) is 5.64. The van der Waals surface area contributed by atoms with Crippen molar-refractivity contribution in [3.63, 3.8) is 0 Å². The van der Waals surface area contributed by atoms with Gasteiger partial charge in [-0.25, -0.2) is 4.98 Å². The lowest BCUT2D eigenvalue weighted by atomic mass is 9.77. The van der Waals surface area contributed by atoms with E-state index < -0.39 is 17.4 Å². The quantitative estimate of drug-likeness (QED) is 0.867. The summed E-state index contributed by atoms with van der Waals surface area (Å²) in [5.74, 6) is -1.61. The van der Waals surface area contributed by atoms with Gasteiger partial charge in [0.15, 0.2) is 0 Å². The first-order valence-corrected chi connectivity index (χ1v) is 8.89. The minimum Gasteiger partial charge on any atom is -0.481 e. The molecule has 1 amide bonds. The maximum absolute atomic E-state index is 11.7. The van der Waals surface area contributed by atoms with E-state index in [1.165, 1.54) is 5.56 Å². The van der Waals surface area contributed by atoms with Crippen molar-refractivity contribution < 1.29 is 14.7 Å². The number of carboxylic acids is 1. The molecule has 26 heavy (non-hydrogen) atoms. The number of nitrogens with zero attached hydrogens (tertiary/aromatic N) is 3. The van der Waals surface area contributed by atoms with Crippen molar-refractivity contribution in [2.75, 3.05) is 13.1 Å². The van der Waals surface area contributed by atoms with Crippen LogP contribution in [0.25, 0.3) is 5.69 Å². The molecule has 0 bridgehead atoms. The zero-order chi connectivity index (χ0) is 18.1.